The van der Waals surface area contributed by atoms with Crippen molar-refractivity contribution in [2.24, 2.45) is 11.7 Å². The second-order valence-corrected chi connectivity index (χ2v) is 6.23. The fourth-order valence-electron chi connectivity index (χ4n) is 2.69. The van der Waals surface area contributed by atoms with Crippen molar-refractivity contribution in [2.45, 2.75) is 44.6 Å². The van der Waals surface area contributed by atoms with E-state index < -0.39 is 0 Å². The highest BCUT2D eigenvalue weighted by Gasteiger charge is 2.22. The number of rotatable bonds is 2. The molecular weight excluding hydrogens is 298 g/mol. The summed E-state index contributed by atoms with van der Waals surface area (Å²) in [4.78, 5) is 0. The first-order chi connectivity index (χ1) is 8.18. The number of hydrogen-bond acceptors (Lipinski definition) is 1. The summed E-state index contributed by atoms with van der Waals surface area (Å²) in [7, 11) is 0. The van der Waals surface area contributed by atoms with Crippen molar-refractivity contribution in [3.05, 3.63) is 33.3 Å². The van der Waals surface area contributed by atoms with Gasteiger partial charge in [-0.1, -0.05) is 53.2 Å². The van der Waals surface area contributed by atoms with Crippen LogP contribution in [0.15, 0.2) is 22.7 Å². The average Bonchev–Trinajstić information content (AvgIpc) is 2.60. The van der Waals surface area contributed by atoms with E-state index in [-0.39, 0.29) is 6.04 Å². The first kappa shape index (κ1) is 13.4. The zero-order valence-electron chi connectivity index (χ0n) is 9.96. The minimum Gasteiger partial charge on any atom is -0.324 e. The quantitative estimate of drug-likeness (QED) is 0.757. The topological polar surface area (TPSA) is 26.0 Å². The molecular formula is C14H19BrClN. The molecule has 17 heavy (non-hydrogen) atoms. The maximum absolute atomic E-state index is 6.42. The lowest BCUT2D eigenvalue weighted by Crippen LogP contribution is -2.21. The highest BCUT2D eigenvalue weighted by atomic mass is 79.9. The van der Waals surface area contributed by atoms with Crippen molar-refractivity contribution in [3.63, 3.8) is 0 Å². The summed E-state index contributed by atoms with van der Waals surface area (Å²) in [5, 5.41) is 0.771. The third kappa shape index (κ3) is 3.46. The fourth-order valence-corrected chi connectivity index (χ4v) is 3.39. The van der Waals surface area contributed by atoms with E-state index in [9.17, 15) is 0 Å². The van der Waals surface area contributed by atoms with Gasteiger partial charge >= 0.3 is 0 Å². The van der Waals surface area contributed by atoms with Crippen LogP contribution in [0.2, 0.25) is 5.02 Å². The monoisotopic (exact) mass is 315 g/mol. The van der Waals surface area contributed by atoms with Gasteiger partial charge in [0.05, 0.1) is 0 Å². The Hall–Kier alpha value is -0.0500. The Bertz CT molecular complexity index is 372. The molecule has 1 atom stereocenters. The Morgan fingerprint density at radius 1 is 1.18 bits per heavy atom. The van der Waals surface area contributed by atoms with Gasteiger partial charge in [-0.3, -0.25) is 0 Å². The van der Waals surface area contributed by atoms with Crippen molar-refractivity contribution in [3.8, 4) is 0 Å². The van der Waals surface area contributed by atoms with E-state index in [0.717, 1.165) is 15.1 Å². The van der Waals surface area contributed by atoms with Gasteiger partial charge in [-0.05, 0) is 42.5 Å². The van der Waals surface area contributed by atoms with Crippen LogP contribution in [0.1, 0.15) is 50.1 Å². The lowest BCUT2D eigenvalue weighted by molar-refractivity contribution is 0.381. The standard InChI is InChI=1S/C14H19BrClN/c15-13-8-7-11(16)9-12(13)14(17)10-5-3-1-2-4-6-10/h7-10,14H,1-6,17H2. The molecule has 94 valence electrons. The Labute approximate surface area is 117 Å². The number of benzene rings is 1. The Morgan fingerprint density at radius 2 is 1.82 bits per heavy atom. The van der Waals surface area contributed by atoms with Crippen molar-refractivity contribution in [2.75, 3.05) is 0 Å². The summed E-state index contributed by atoms with van der Waals surface area (Å²) in [6.07, 6.45) is 7.85. The van der Waals surface area contributed by atoms with Gasteiger partial charge < -0.3 is 5.73 Å². The van der Waals surface area contributed by atoms with Crippen LogP contribution < -0.4 is 5.73 Å². The van der Waals surface area contributed by atoms with Crippen LogP contribution in [0.4, 0.5) is 0 Å². The van der Waals surface area contributed by atoms with Crippen LogP contribution in [-0.2, 0) is 0 Å². The summed E-state index contributed by atoms with van der Waals surface area (Å²) >= 11 is 9.63. The predicted octanol–water partition coefficient (Wildman–Crippen LogP) is 5.07. The Balaban J connectivity index is 2.16. The number of hydrogen-bond donors (Lipinski definition) is 1. The molecule has 0 aromatic heterocycles. The smallest absolute Gasteiger partial charge is 0.0410 e. The second kappa shape index (κ2) is 6.21. The van der Waals surface area contributed by atoms with E-state index >= 15 is 0 Å². The number of nitrogens with two attached hydrogens (primary N) is 1. The van der Waals surface area contributed by atoms with E-state index in [4.69, 9.17) is 17.3 Å². The molecule has 1 nitrogen and oxygen atoms in total. The van der Waals surface area contributed by atoms with Gasteiger partial charge in [0.15, 0.2) is 0 Å². The molecule has 1 aromatic carbocycles. The molecule has 1 unspecified atom stereocenters. The molecule has 0 amide bonds. The highest BCUT2D eigenvalue weighted by Crippen LogP contribution is 2.35. The molecule has 1 aliphatic carbocycles. The van der Waals surface area contributed by atoms with Crippen LogP contribution >= 0.6 is 27.5 Å². The minimum absolute atomic E-state index is 0.112. The van der Waals surface area contributed by atoms with Crippen molar-refractivity contribution >= 4 is 27.5 Å². The molecule has 1 saturated carbocycles. The van der Waals surface area contributed by atoms with Crippen LogP contribution in [0.5, 0.6) is 0 Å². The van der Waals surface area contributed by atoms with Crippen molar-refractivity contribution in [1.82, 2.24) is 0 Å². The van der Waals surface area contributed by atoms with E-state index in [2.05, 4.69) is 15.9 Å². The SMILES string of the molecule is NC(c1cc(Cl)ccc1Br)C1CCCCCC1. The minimum atomic E-state index is 0.112. The third-order valence-corrected chi connectivity index (χ3v) is 4.68. The zero-order valence-corrected chi connectivity index (χ0v) is 12.3. The summed E-state index contributed by atoms with van der Waals surface area (Å²) in [6, 6.07) is 6.01. The van der Waals surface area contributed by atoms with Crippen LogP contribution in [-0.4, -0.2) is 0 Å². The predicted molar refractivity (Wildman–Crippen MR) is 77.3 cm³/mol. The summed E-state index contributed by atoms with van der Waals surface area (Å²) < 4.78 is 1.08. The summed E-state index contributed by atoms with van der Waals surface area (Å²) in [5.74, 6) is 0.604. The highest BCUT2D eigenvalue weighted by molar-refractivity contribution is 9.10. The summed E-state index contributed by atoms with van der Waals surface area (Å²) in [5.41, 5.74) is 7.58. The maximum atomic E-state index is 6.42. The first-order valence-corrected chi connectivity index (χ1v) is 7.56. The molecule has 1 aliphatic rings. The molecule has 1 fully saturated rings. The number of halogens is 2. The van der Waals surface area contributed by atoms with E-state index in [1.54, 1.807) is 0 Å². The third-order valence-electron chi connectivity index (χ3n) is 3.72. The molecule has 0 radical (unpaired) electrons. The van der Waals surface area contributed by atoms with Crippen LogP contribution in [0.25, 0.3) is 0 Å². The zero-order chi connectivity index (χ0) is 12.3. The molecule has 0 spiro atoms. The molecule has 0 saturated heterocycles. The van der Waals surface area contributed by atoms with Gasteiger partial charge in [0, 0.05) is 15.5 Å². The molecule has 1 aromatic rings. The van der Waals surface area contributed by atoms with Gasteiger partial charge in [-0.15, -0.1) is 0 Å². The lowest BCUT2D eigenvalue weighted by Gasteiger charge is -2.23. The Kier molecular flexibility index (Phi) is 4.89. The molecule has 0 bridgehead atoms. The fraction of sp³-hybridized carbons (Fsp3) is 0.571. The Morgan fingerprint density at radius 3 is 2.47 bits per heavy atom. The van der Waals surface area contributed by atoms with Gasteiger partial charge in [-0.2, -0.15) is 0 Å². The largest absolute Gasteiger partial charge is 0.324 e. The molecule has 3 heteroatoms. The normalized spacial score (nSPS) is 19.9. The van der Waals surface area contributed by atoms with Crippen LogP contribution in [0.3, 0.4) is 0 Å². The van der Waals surface area contributed by atoms with Gasteiger partial charge in [0.1, 0.15) is 0 Å². The maximum Gasteiger partial charge on any atom is 0.0410 e. The second-order valence-electron chi connectivity index (χ2n) is 4.94. The van der Waals surface area contributed by atoms with Crippen LogP contribution in [0, 0.1) is 5.92 Å². The van der Waals surface area contributed by atoms with Gasteiger partial charge in [0.2, 0.25) is 0 Å². The first-order valence-electron chi connectivity index (χ1n) is 6.39. The van der Waals surface area contributed by atoms with Crippen molar-refractivity contribution < 1.29 is 0 Å². The molecule has 2 N–H and O–H groups in total. The van der Waals surface area contributed by atoms with Gasteiger partial charge in [-0.25, -0.2) is 0 Å². The van der Waals surface area contributed by atoms with Gasteiger partial charge in [0.25, 0.3) is 0 Å². The lowest BCUT2D eigenvalue weighted by atomic mass is 9.88. The van der Waals surface area contributed by atoms with E-state index in [1.807, 2.05) is 18.2 Å². The average molecular weight is 317 g/mol. The van der Waals surface area contributed by atoms with Crippen molar-refractivity contribution in [1.29, 1.82) is 0 Å². The molecule has 2 rings (SSSR count). The summed E-state index contributed by atoms with van der Waals surface area (Å²) in [6.45, 7) is 0. The van der Waals surface area contributed by atoms with E-state index in [1.165, 1.54) is 38.5 Å². The molecule has 0 aliphatic heterocycles. The molecule has 0 heterocycles. The van der Waals surface area contributed by atoms with E-state index in [0.29, 0.717) is 5.92 Å².